The highest BCUT2D eigenvalue weighted by molar-refractivity contribution is 9.10. The van der Waals surface area contributed by atoms with Crippen LogP contribution in [0.4, 0.5) is 15.8 Å². The molecule has 21 heavy (non-hydrogen) atoms. The van der Waals surface area contributed by atoms with Crippen molar-refractivity contribution < 1.29 is 14.1 Å². The Labute approximate surface area is 129 Å². The van der Waals surface area contributed by atoms with Gasteiger partial charge in [-0.2, -0.15) is 0 Å². The number of hydrogen-bond acceptors (Lipinski definition) is 4. The second-order valence-corrected chi connectivity index (χ2v) is 5.07. The van der Waals surface area contributed by atoms with E-state index in [1.807, 2.05) is 0 Å². The molecule has 0 heterocycles. The summed E-state index contributed by atoms with van der Waals surface area (Å²) in [5, 5.41) is 13.7. The number of nitrogens with one attached hydrogen (secondary N) is 1. The van der Waals surface area contributed by atoms with Crippen molar-refractivity contribution in [2.24, 2.45) is 0 Å². The number of ether oxygens (including phenoxy) is 1. The maximum Gasteiger partial charge on any atom is 0.269 e. The lowest BCUT2D eigenvalue weighted by molar-refractivity contribution is -0.384. The number of nitro benzene ring substituents is 1. The van der Waals surface area contributed by atoms with Crippen LogP contribution in [0.1, 0.15) is 5.56 Å². The summed E-state index contributed by atoms with van der Waals surface area (Å²) in [6, 6.07) is 8.86. The van der Waals surface area contributed by atoms with Crippen LogP contribution in [0.25, 0.3) is 0 Å². The summed E-state index contributed by atoms with van der Waals surface area (Å²) < 4.78 is 19.2. The zero-order chi connectivity index (χ0) is 15.4. The minimum atomic E-state index is -0.470. The largest absolute Gasteiger partial charge is 0.489 e. The van der Waals surface area contributed by atoms with Crippen LogP contribution < -0.4 is 10.1 Å². The van der Waals surface area contributed by atoms with E-state index in [2.05, 4.69) is 21.2 Å². The van der Waals surface area contributed by atoms with Crippen molar-refractivity contribution >= 4 is 27.3 Å². The molecule has 0 atom stereocenters. The predicted octanol–water partition coefficient (Wildman–Crippen LogP) is 4.12. The van der Waals surface area contributed by atoms with Gasteiger partial charge in [0, 0.05) is 36.5 Å². The molecule has 1 N–H and O–H groups in total. The minimum absolute atomic E-state index is 0.0189. The zero-order valence-electron chi connectivity index (χ0n) is 11.1. The molecule has 0 bridgehead atoms. The molecule has 0 saturated heterocycles. The Balaban J connectivity index is 2.19. The van der Waals surface area contributed by atoms with E-state index in [1.54, 1.807) is 19.2 Å². The van der Waals surface area contributed by atoms with Crippen LogP contribution in [-0.2, 0) is 6.61 Å². The summed E-state index contributed by atoms with van der Waals surface area (Å²) in [4.78, 5) is 10.3. The maximum atomic E-state index is 13.4. The SMILES string of the molecule is CNc1ccc([N+](=O)[O-])cc1COc1ccc(Br)c(F)c1. The normalized spacial score (nSPS) is 10.2. The van der Waals surface area contributed by atoms with E-state index in [1.165, 1.54) is 24.3 Å². The Morgan fingerprint density at radius 3 is 2.71 bits per heavy atom. The van der Waals surface area contributed by atoms with Crippen LogP contribution in [-0.4, -0.2) is 12.0 Å². The summed E-state index contributed by atoms with van der Waals surface area (Å²) in [5.41, 5.74) is 1.32. The first-order chi connectivity index (χ1) is 10.0. The quantitative estimate of drug-likeness (QED) is 0.647. The van der Waals surface area contributed by atoms with Crippen molar-refractivity contribution in [2.45, 2.75) is 6.61 Å². The molecule has 0 aliphatic carbocycles. The fraction of sp³-hybridized carbons (Fsp3) is 0.143. The smallest absolute Gasteiger partial charge is 0.269 e. The van der Waals surface area contributed by atoms with Gasteiger partial charge in [-0.05, 0) is 34.1 Å². The van der Waals surface area contributed by atoms with Gasteiger partial charge < -0.3 is 10.1 Å². The number of rotatable bonds is 5. The predicted molar refractivity (Wildman–Crippen MR) is 81.1 cm³/mol. The Hall–Kier alpha value is -2.15. The number of nitrogens with zero attached hydrogens (tertiary/aromatic N) is 1. The molecule has 0 unspecified atom stereocenters. The third kappa shape index (κ3) is 3.69. The van der Waals surface area contributed by atoms with Crippen molar-refractivity contribution in [3.63, 3.8) is 0 Å². The van der Waals surface area contributed by atoms with Gasteiger partial charge in [-0.15, -0.1) is 0 Å². The fourth-order valence-electron chi connectivity index (χ4n) is 1.78. The molecule has 0 aromatic heterocycles. The van der Waals surface area contributed by atoms with E-state index >= 15 is 0 Å². The van der Waals surface area contributed by atoms with Crippen molar-refractivity contribution in [3.8, 4) is 5.75 Å². The van der Waals surface area contributed by atoms with Gasteiger partial charge in [-0.1, -0.05) is 0 Å². The van der Waals surface area contributed by atoms with Gasteiger partial charge in [-0.25, -0.2) is 4.39 Å². The maximum absolute atomic E-state index is 13.4. The number of benzene rings is 2. The molecular formula is C14H12BrFN2O3. The first-order valence-corrected chi connectivity index (χ1v) is 6.83. The van der Waals surface area contributed by atoms with Gasteiger partial charge in [-0.3, -0.25) is 10.1 Å². The monoisotopic (exact) mass is 354 g/mol. The molecule has 0 aliphatic heterocycles. The summed E-state index contributed by atoms with van der Waals surface area (Å²) in [5.74, 6) is -0.0790. The Bertz CT molecular complexity index is 679. The molecule has 110 valence electrons. The number of nitro groups is 1. The molecule has 2 aromatic carbocycles. The molecular weight excluding hydrogens is 343 g/mol. The third-order valence-electron chi connectivity index (χ3n) is 2.85. The Morgan fingerprint density at radius 1 is 1.33 bits per heavy atom. The highest BCUT2D eigenvalue weighted by Gasteiger charge is 2.11. The van der Waals surface area contributed by atoms with Crippen molar-refractivity contribution in [1.29, 1.82) is 0 Å². The summed E-state index contributed by atoms with van der Waals surface area (Å²) in [7, 11) is 1.71. The highest BCUT2D eigenvalue weighted by Crippen LogP contribution is 2.25. The first kappa shape index (κ1) is 15.2. The van der Waals surface area contributed by atoms with Crippen molar-refractivity contribution in [2.75, 3.05) is 12.4 Å². The van der Waals surface area contributed by atoms with Crippen molar-refractivity contribution in [3.05, 3.63) is 62.4 Å². The molecule has 2 rings (SSSR count). The average Bonchev–Trinajstić information content (AvgIpc) is 2.48. The molecule has 0 radical (unpaired) electrons. The van der Waals surface area contributed by atoms with Crippen molar-refractivity contribution in [1.82, 2.24) is 0 Å². The van der Waals surface area contributed by atoms with Gasteiger partial charge in [0.2, 0.25) is 0 Å². The molecule has 0 fully saturated rings. The third-order valence-corrected chi connectivity index (χ3v) is 3.50. The van der Waals surface area contributed by atoms with Gasteiger partial charge in [0.25, 0.3) is 5.69 Å². The molecule has 5 nitrogen and oxygen atoms in total. The Kier molecular flexibility index (Phi) is 4.74. The topological polar surface area (TPSA) is 64.4 Å². The van der Waals surface area contributed by atoms with Crippen LogP contribution in [0.5, 0.6) is 5.75 Å². The molecule has 2 aromatic rings. The molecule has 0 spiro atoms. The number of non-ortho nitro benzene ring substituents is 1. The van der Waals surface area contributed by atoms with Crippen LogP contribution in [0, 0.1) is 15.9 Å². The van der Waals surface area contributed by atoms with Crippen LogP contribution in [0.2, 0.25) is 0 Å². The van der Waals surface area contributed by atoms with Crippen LogP contribution >= 0.6 is 15.9 Å². The lowest BCUT2D eigenvalue weighted by Crippen LogP contribution is -2.02. The van der Waals surface area contributed by atoms with Crippen LogP contribution in [0.3, 0.4) is 0 Å². The lowest BCUT2D eigenvalue weighted by atomic mass is 10.1. The minimum Gasteiger partial charge on any atom is -0.489 e. The fourth-order valence-corrected chi connectivity index (χ4v) is 2.03. The van der Waals surface area contributed by atoms with E-state index in [4.69, 9.17) is 4.74 Å². The van der Waals surface area contributed by atoms with Crippen LogP contribution in [0.15, 0.2) is 40.9 Å². The summed E-state index contributed by atoms with van der Waals surface area (Å²) >= 11 is 3.06. The van der Waals surface area contributed by atoms with Gasteiger partial charge in [0.1, 0.15) is 18.2 Å². The second kappa shape index (κ2) is 6.53. The molecule has 0 saturated carbocycles. The second-order valence-electron chi connectivity index (χ2n) is 4.21. The lowest BCUT2D eigenvalue weighted by Gasteiger charge is -2.11. The van der Waals surface area contributed by atoms with E-state index < -0.39 is 10.7 Å². The van der Waals surface area contributed by atoms with E-state index in [9.17, 15) is 14.5 Å². The zero-order valence-corrected chi connectivity index (χ0v) is 12.7. The van der Waals surface area contributed by atoms with Gasteiger partial charge in [0.05, 0.1) is 9.40 Å². The molecule has 7 heteroatoms. The van der Waals surface area contributed by atoms with Gasteiger partial charge in [0.15, 0.2) is 0 Å². The summed E-state index contributed by atoms with van der Waals surface area (Å²) in [6.45, 7) is 0.0962. The number of halogens is 2. The molecule has 0 aliphatic rings. The van der Waals surface area contributed by atoms with E-state index in [-0.39, 0.29) is 12.3 Å². The van der Waals surface area contributed by atoms with E-state index in [0.29, 0.717) is 15.8 Å². The Morgan fingerprint density at radius 2 is 2.10 bits per heavy atom. The standard InChI is InChI=1S/C14H12BrFN2O3/c1-17-14-5-2-10(18(19)20)6-9(14)8-21-11-3-4-12(15)13(16)7-11/h2-7,17H,8H2,1H3. The summed E-state index contributed by atoms with van der Waals surface area (Å²) in [6.07, 6.45) is 0. The average molecular weight is 355 g/mol. The van der Waals surface area contributed by atoms with E-state index in [0.717, 1.165) is 5.69 Å². The van der Waals surface area contributed by atoms with Gasteiger partial charge >= 0.3 is 0 Å². The molecule has 0 amide bonds. The first-order valence-electron chi connectivity index (χ1n) is 6.04. The highest BCUT2D eigenvalue weighted by atomic mass is 79.9. The number of anilines is 1. The number of hydrogen-bond donors (Lipinski definition) is 1.